The van der Waals surface area contributed by atoms with Crippen LogP contribution < -0.4 is 21.3 Å². The molecule has 9 heteroatoms. The minimum Gasteiger partial charge on any atom is -0.370 e. The topological polar surface area (TPSA) is 96.7 Å². The van der Waals surface area contributed by atoms with E-state index < -0.39 is 18.4 Å². The molecular weight excluding hydrogens is 370 g/mol. The summed E-state index contributed by atoms with van der Waals surface area (Å²) in [5.41, 5.74) is 5.60. The smallest absolute Gasteiger partial charge is 0.265 e. The van der Waals surface area contributed by atoms with Gasteiger partial charge in [0.05, 0.1) is 12.6 Å². The summed E-state index contributed by atoms with van der Waals surface area (Å²) in [6, 6.07) is 3.44. The van der Waals surface area contributed by atoms with E-state index in [0.29, 0.717) is 25.4 Å². The van der Waals surface area contributed by atoms with Gasteiger partial charge < -0.3 is 26.0 Å². The van der Waals surface area contributed by atoms with E-state index in [1.807, 2.05) is 20.8 Å². The molecule has 4 N–H and O–H groups in total. The molecule has 7 nitrogen and oxygen atoms in total. The third-order valence-electron chi connectivity index (χ3n) is 4.26. The maximum absolute atomic E-state index is 13.6. The lowest BCUT2D eigenvalue weighted by atomic mass is 9.96. The van der Waals surface area contributed by atoms with Gasteiger partial charge in [0.15, 0.2) is 0 Å². The highest BCUT2D eigenvalue weighted by molar-refractivity contribution is 5.97. The van der Waals surface area contributed by atoms with Gasteiger partial charge in [0.25, 0.3) is 12.3 Å². The number of anilines is 2. The lowest BCUT2D eigenvalue weighted by Crippen LogP contribution is -2.48. The van der Waals surface area contributed by atoms with E-state index in [-0.39, 0.29) is 35.7 Å². The Morgan fingerprint density at radius 2 is 2.07 bits per heavy atom. The molecule has 1 fully saturated rings. The summed E-state index contributed by atoms with van der Waals surface area (Å²) in [7, 11) is 0. The number of ether oxygens (including phenoxy) is 1. The molecule has 1 aliphatic heterocycles. The zero-order valence-electron chi connectivity index (χ0n) is 16.4. The molecule has 0 spiro atoms. The number of rotatable bonds is 7. The van der Waals surface area contributed by atoms with Crippen molar-refractivity contribution in [2.24, 2.45) is 11.1 Å². The quantitative estimate of drug-likeness (QED) is 0.652. The summed E-state index contributed by atoms with van der Waals surface area (Å²) in [6.07, 6.45) is -2.81. The Labute approximate surface area is 163 Å². The summed E-state index contributed by atoms with van der Waals surface area (Å²) in [5, 5.41) is 5.59. The molecule has 0 aliphatic carbocycles. The Morgan fingerprint density at radius 1 is 1.36 bits per heavy atom. The molecule has 0 bridgehead atoms. The normalized spacial score (nSPS) is 16.4. The maximum atomic E-state index is 13.6. The maximum Gasteiger partial charge on any atom is 0.265 e. The van der Waals surface area contributed by atoms with Crippen LogP contribution in [0, 0.1) is 5.41 Å². The number of carbonyl (C=O) groups is 2. The number of alkyl halides is 2. The number of carbonyl (C=O) groups excluding carboxylic acids is 2. The van der Waals surface area contributed by atoms with Gasteiger partial charge in [0.2, 0.25) is 5.91 Å². The molecule has 2 amide bonds. The lowest BCUT2D eigenvalue weighted by molar-refractivity contribution is -0.125. The van der Waals surface area contributed by atoms with Gasteiger partial charge in [0, 0.05) is 36.6 Å². The number of amides is 2. The largest absolute Gasteiger partial charge is 0.370 e. The highest BCUT2D eigenvalue weighted by Gasteiger charge is 2.25. The summed E-state index contributed by atoms with van der Waals surface area (Å²) in [4.78, 5) is 25.8. The third kappa shape index (κ3) is 5.95. The molecular formula is C19H28F2N4O3. The van der Waals surface area contributed by atoms with Crippen LogP contribution in [0.4, 0.5) is 20.2 Å². The summed E-state index contributed by atoms with van der Waals surface area (Å²) < 4.78 is 32.2. The minimum atomic E-state index is -2.81. The molecule has 1 heterocycles. The van der Waals surface area contributed by atoms with Crippen LogP contribution in [0.15, 0.2) is 18.2 Å². The zero-order chi connectivity index (χ0) is 20.9. The second-order valence-corrected chi connectivity index (χ2v) is 7.89. The predicted molar refractivity (Wildman–Crippen MR) is 104 cm³/mol. The van der Waals surface area contributed by atoms with Gasteiger partial charge in [-0.05, 0) is 23.6 Å². The van der Waals surface area contributed by atoms with Gasteiger partial charge in [-0.25, -0.2) is 8.78 Å². The van der Waals surface area contributed by atoms with Gasteiger partial charge in [-0.15, -0.1) is 0 Å². The van der Waals surface area contributed by atoms with Crippen LogP contribution in [0.1, 0.15) is 32.8 Å². The summed E-state index contributed by atoms with van der Waals surface area (Å²) in [5.74, 6) is -0.776. The average molecular weight is 398 g/mol. The first-order valence-corrected chi connectivity index (χ1v) is 9.17. The first-order chi connectivity index (χ1) is 13.1. The number of hydrogen-bond donors (Lipinski definition) is 3. The van der Waals surface area contributed by atoms with E-state index in [9.17, 15) is 18.4 Å². The van der Waals surface area contributed by atoms with Gasteiger partial charge in [-0.2, -0.15) is 0 Å². The van der Waals surface area contributed by atoms with Crippen molar-refractivity contribution in [3.8, 4) is 0 Å². The second-order valence-electron chi connectivity index (χ2n) is 7.89. The Bertz CT molecular complexity index is 707. The van der Waals surface area contributed by atoms with Crippen LogP contribution in [0.2, 0.25) is 0 Å². The van der Waals surface area contributed by atoms with Crippen molar-refractivity contribution >= 4 is 23.2 Å². The number of nitrogens with two attached hydrogens (primary N) is 1. The van der Waals surface area contributed by atoms with Crippen molar-refractivity contribution in [2.45, 2.75) is 33.2 Å². The van der Waals surface area contributed by atoms with Crippen molar-refractivity contribution in [3.63, 3.8) is 0 Å². The van der Waals surface area contributed by atoms with Crippen molar-refractivity contribution in [1.29, 1.82) is 0 Å². The Balaban J connectivity index is 2.17. The van der Waals surface area contributed by atoms with Crippen LogP contribution in [0.5, 0.6) is 0 Å². The second kappa shape index (κ2) is 9.40. The number of benzene rings is 1. The Morgan fingerprint density at radius 3 is 2.64 bits per heavy atom. The van der Waals surface area contributed by atoms with E-state index in [1.54, 1.807) is 0 Å². The van der Waals surface area contributed by atoms with E-state index >= 15 is 0 Å². The van der Waals surface area contributed by atoms with Crippen molar-refractivity contribution in [2.75, 3.05) is 43.1 Å². The van der Waals surface area contributed by atoms with Gasteiger partial charge in [-0.1, -0.05) is 20.8 Å². The summed E-state index contributed by atoms with van der Waals surface area (Å²) in [6.45, 7) is 7.14. The van der Waals surface area contributed by atoms with Crippen molar-refractivity contribution in [1.82, 2.24) is 5.32 Å². The van der Waals surface area contributed by atoms with Gasteiger partial charge in [-0.3, -0.25) is 9.59 Å². The zero-order valence-corrected chi connectivity index (χ0v) is 16.4. The molecule has 156 valence electrons. The lowest BCUT2D eigenvalue weighted by Gasteiger charge is -2.28. The Kier molecular flexibility index (Phi) is 7.45. The first kappa shape index (κ1) is 22.2. The number of hydrogen-bond acceptors (Lipinski definition) is 5. The fourth-order valence-electron chi connectivity index (χ4n) is 2.74. The van der Waals surface area contributed by atoms with E-state index in [4.69, 9.17) is 10.5 Å². The number of nitrogens with one attached hydrogen (secondary N) is 2. The van der Waals surface area contributed by atoms with Crippen LogP contribution in [0.25, 0.3) is 0 Å². The fraction of sp³-hybridized carbons (Fsp3) is 0.579. The van der Waals surface area contributed by atoms with Crippen LogP contribution >= 0.6 is 0 Å². The fourth-order valence-corrected chi connectivity index (χ4v) is 2.74. The molecule has 2 rings (SSSR count). The van der Waals surface area contributed by atoms with Crippen LogP contribution in [-0.4, -0.2) is 50.7 Å². The standard InChI is InChI=1S/C19H28F2N4O3/c1-19(2,3)11-23-15(9-22)18(27)24-14-5-4-12(8-13(14)17(20)21)25-6-7-28-10-16(25)26/h4-5,8,15,17,23H,6-7,9-11,22H2,1-3H3,(H,24,27)/t15-/m0/s1. The van der Waals surface area contributed by atoms with Crippen LogP contribution in [0.3, 0.4) is 0 Å². The van der Waals surface area contributed by atoms with E-state index in [1.165, 1.54) is 23.1 Å². The molecule has 1 aromatic carbocycles. The molecule has 1 aliphatic rings. The van der Waals surface area contributed by atoms with Crippen molar-refractivity contribution in [3.05, 3.63) is 23.8 Å². The molecule has 1 saturated heterocycles. The third-order valence-corrected chi connectivity index (χ3v) is 4.26. The van der Waals surface area contributed by atoms with E-state index in [0.717, 1.165) is 0 Å². The molecule has 0 unspecified atom stereocenters. The molecule has 28 heavy (non-hydrogen) atoms. The highest BCUT2D eigenvalue weighted by atomic mass is 19.3. The predicted octanol–water partition coefficient (Wildman–Crippen LogP) is 1.89. The minimum absolute atomic E-state index is 0.000432. The first-order valence-electron chi connectivity index (χ1n) is 9.17. The van der Waals surface area contributed by atoms with Crippen molar-refractivity contribution < 1.29 is 23.1 Å². The van der Waals surface area contributed by atoms with Gasteiger partial charge in [0.1, 0.15) is 6.61 Å². The molecule has 0 saturated carbocycles. The molecule has 1 atom stereocenters. The SMILES string of the molecule is CC(C)(C)CN[C@@H](CN)C(=O)Nc1ccc(N2CCOCC2=O)cc1C(F)F. The van der Waals surface area contributed by atoms with Gasteiger partial charge >= 0.3 is 0 Å². The monoisotopic (exact) mass is 398 g/mol. The highest BCUT2D eigenvalue weighted by Crippen LogP contribution is 2.32. The molecule has 0 radical (unpaired) electrons. The summed E-state index contributed by atoms with van der Waals surface area (Å²) >= 11 is 0. The Hall–Kier alpha value is -2.10. The molecule has 0 aromatic heterocycles. The average Bonchev–Trinajstić information content (AvgIpc) is 2.62. The van der Waals surface area contributed by atoms with E-state index in [2.05, 4.69) is 10.6 Å². The number of nitrogens with zero attached hydrogens (tertiary/aromatic N) is 1. The van der Waals surface area contributed by atoms with Crippen LogP contribution in [-0.2, 0) is 14.3 Å². The molecule has 1 aromatic rings. The number of morpholine rings is 1. The number of halogens is 2.